The fourth-order valence-corrected chi connectivity index (χ4v) is 4.55. The highest BCUT2D eigenvalue weighted by Gasteiger charge is 2.16. The van der Waals surface area contributed by atoms with Crippen LogP contribution in [0.5, 0.6) is 0 Å². The number of nitrogens with zero attached hydrogens (tertiary/aromatic N) is 3. The van der Waals surface area contributed by atoms with E-state index in [1.54, 1.807) is 18.2 Å². The molecule has 170 valence electrons. The first-order chi connectivity index (χ1) is 16.2. The molecule has 0 atom stereocenters. The summed E-state index contributed by atoms with van der Waals surface area (Å²) in [4.78, 5) is 29.5. The molecule has 0 N–H and O–H groups in total. The number of Topliss-reactive ketones (excluding diaryl/α,β-unsaturated/α-hetero) is 1. The zero-order chi connectivity index (χ0) is 24.0. The molecular weight excluding hydrogens is 446 g/mol. The molecule has 0 spiro atoms. The Balaban J connectivity index is 1.43. The highest BCUT2D eigenvalue weighted by atomic mass is 32.1. The quantitative estimate of drug-likeness (QED) is 0.341. The molecule has 0 aliphatic heterocycles. The van der Waals surface area contributed by atoms with Crippen LogP contribution in [0.4, 0.5) is 0 Å². The lowest BCUT2D eigenvalue weighted by Gasteiger charge is -2.18. The highest BCUT2D eigenvalue weighted by molar-refractivity contribution is 7.15. The molecule has 5 rings (SSSR count). The van der Waals surface area contributed by atoms with Crippen molar-refractivity contribution in [2.24, 2.45) is 0 Å². The Hall–Kier alpha value is -3.84. The summed E-state index contributed by atoms with van der Waals surface area (Å²) in [5.74, 6) is 1.77. The number of hydrogen-bond donors (Lipinski definition) is 0. The van der Waals surface area contributed by atoms with Crippen LogP contribution in [0, 0.1) is 0 Å². The van der Waals surface area contributed by atoms with Crippen molar-refractivity contribution in [1.82, 2.24) is 14.6 Å². The molecule has 3 aromatic heterocycles. The monoisotopic (exact) mass is 469 g/mol. The van der Waals surface area contributed by atoms with E-state index in [2.05, 4.69) is 43.0 Å². The minimum atomic E-state index is -0.228. The van der Waals surface area contributed by atoms with Gasteiger partial charge in [0, 0.05) is 22.8 Å². The largest absolute Gasteiger partial charge is 0.457 e. The van der Waals surface area contributed by atoms with Gasteiger partial charge in [-0.3, -0.25) is 9.59 Å². The molecule has 3 heterocycles. The zero-order valence-corrected chi connectivity index (χ0v) is 20.1. The normalized spacial score (nSPS) is 12.5. The molecule has 0 unspecified atom stereocenters. The fraction of sp³-hybridized carbons (Fsp3) is 0.185. The Bertz CT molecular complexity index is 1620. The number of thiazole rings is 1. The summed E-state index contributed by atoms with van der Waals surface area (Å²) in [6, 6.07) is 19.0. The van der Waals surface area contributed by atoms with E-state index in [0.717, 1.165) is 11.1 Å². The number of fused-ring (bicyclic) bond motifs is 1. The van der Waals surface area contributed by atoms with Gasteiger partial charge in [0.2, 0.25) is 4.96 Å². The average Bonchev–Trinajstić information content (AvgIpc) is 3.51. The lowest BCUT2D eigenvalue weighted by atomic mass is 9.87. The van der Waals surface area contributed by atoms with Crippen LogP contribution in [0.15, 0.2) is 69.9 Å². The van der Waals surface area contributed by atoms with E-state index in [1.165, 1.54) is 28.3 Å². The SMILES string of the molecule is CC(=O)c1ccc(-c2ccc(C=c3sc4nc(-c5ccc(C(C)(C)C)cc5)nn4c3=O)o2)cc1. The van der Waals surface area contributed by atoms with Gasteiger partial charge < -0.3 is 4.42 Å². The summed E-state index contributed by atoms with van der Waals surface area (Å²) >= 11 is 1.28. The summed E-state index contributed by atoms with van der Waals surface area (Å²) < 4.78 is 7.75. The summed E-state index contributed by atoms with van der Waals surface area (Å²) in [6.07, 6.45) is 1.70. The standard InChI is InChI=1S/C27H23N3O3S/c1-16(31)17-5-7-18(8-6-17)22-14-13-21(33-22)15-23-25(32)30-26(34-23)28-24(29-30)19-9-11-20(12-10-19)27(2,3)4/h5-15H,1-4H3. The van der Waals surface area contributed by atoms with E-state index < -0.39 is 0 Å². The molecular formula is C27H23N3O3S. The van der Waals surface area contributed by atoms with Crippen LogP contribution >= 0.6 is 11.3 Å². The number of ketones is 1. The first-order valence-corrected chi connectivity index (χ1v) is 11.7. The van der Waals surface area contributed by atoms with Crippen LogP contribution in [-0.2, 0) is 5.41 Å². The number of benzene rings is 2. The van der Waals surface area contributed by atoms with Gasteiger partial charge >= 0.3 is 0 Å². The van der Waals surface area contributed by atoms with Gasteiger partial charge in [-0.05, 0) is 30.0 Å². The number of carbonyl (C=O) groups is 1. The molecule has 0 saturated carbocycles. The van der Waals surface area contributed by atoms with Gasteiger partial charge in [-0.25, -0.2) is 0 Å². The van der Waals surface area contributed by atoms with E-state index in [1.807, 2.05) is 36.4 Å². The minimum Gasteiger partial charge on any atom is -0.457 e. The Kier molecular flexibility index (Phi) is 5.29. The minimum absolute atomic E-state index is 0.0180. The van der Waals surface area contributed by atoms with Crippen LogP contribution in [0.1, 0.15) is 49.4 Å². The fourth-order valence-electron chi connectivity index (χ4n) is 3.66. The molecule has 6 nitrogen and oxygen atoms in total. The van der Waals surface area contributed by atoms with Crippen molar-refractivity contribution in [3.63, 3.8) is 0 Å². The predicted octanol–water partition coefficient (Wildman–Crippen LogP) is 5.13. The Morgan fingerprint density at radius 1 is 0.971 bits per heavy atom. The smallest absolute Gasteiger partial charge is 0.291 e. The zero-order valence-electron chi connectivity index (χ0n) is 19.3. The third-order valence-corrected chi connectivity index (χ3v) is 6.63. The van der Waals surface area contributed by atoms with Crippen molar-refractivity contribution in [3.05, 3.63) is 92.4 Å². The summed E-state index contributed by atoms with van der Waals surface area (Å²) in [5, 5.41) is 4.44. The highest BCUT2D eigenvalue weighted by Crippen LogP contribution is 2.25. The summed E-state index contributed by atoms with van der Waals surface area (Å²) in [6.45, 7) is 8.04. The maximum atomic E-state index is 12.9. The number of aromatic nitrogens is 3. The van der Waals surface area contributed by atoms with Gasteiger partial charge in [0.15, 0.2) is 11.6 Å². The van der Waals surface area contributed by atoms with Gasteiger partial charge in [-0.2, -0.15) is 9.50 Å². The second kappa shape index (κ2) is 8.18. The Morgan fingerprint density at radius 3 is 2.26 bits per heavy atom. The molecule has 0 aliphatic rings. The van der Waals surface area contributed by atoms with Crippen LogP contribution in [0.25, 0.3) is 33.7 Å². The molecule has 34 heavy (non-hydrogen) atoms. The molecule has 0 aliphatic carbocycles. The first-order valence-electron chi connectivity index (χ1n) is 10.9. The number of furan rings is 1. The second-order valence-corrected chi connectivity index (χ2v) is 10.2. The summed E-state index contributed by atoms with van der Waals surface area (Å²) in [7, 11) is 0. The molecule has 7 heteroatoms. The predicted molar refractivity (Wildman–Crippen MR) is 134 cm³/mol. The lowest BCUT2D eigenvalue weighted by molar-refractivity contribution is 0.101. The van der Waals surface area contributed by atoms with E-state index in [9.17, 15) is 9.59 Å². The van der Waals surface area contributed by atoms with Crippen LogP contribution < -0.4 is 10.1 Å². The van der Waals surface area contributed by atoms with Crippen molar-refractivity contribution in [1.29, 1.82) is 0 Å². The van der Waals surface area contributed by atoms with E-state index >= 15 is 0 Å². The van der Waals surface area contributed by atoms with Gasteiger partial charge in [0.1, 0.15) is 16.1 Å². The Labute approximate surface area is 200 Å². The molecule has 0 radical (unpaired) electrons. The van der Waals surface area contributed by atoms with E-state index in [4.69, 9.17) is 4.42 Å². The van der Waals surface area contributed by atoms with Gasteiger partial charge in [-0.1, -0.05) is 80.6 Å². The maximum absolute atomic E-state index is 12.9. The topological polar surface area (TPSA) is 77.5 Å². The average molecular weight is 470 g/mol. The van der Waals surface area contributed by atoms with Gasteiger partial charge in [0.25, 0.3) is 5.56 Å². The van der Waals surface area contributed by atoms with Crippen LogP contribution in [0.2, 0.25) is 0 Å². The molecule has 0 amide bonds. The van der Waals surface area contributed by atoms with Crippen molar-refractivity contribution >= 4 is 28.2 Å². The third-order valence-electron chi connectivity index (χ3n) is 5.67. The molecule has 2 aromatic carbocycles. The number of hydrogen-bond acceptors (Lipinski definition) is 6. The Morgan fingerprint density at radius 2 is 1.65 bits per heavy atom. The molecule has 5 aromatic rings. The molecule has 0 fully saturated rings. The number of rotatable bonds is 4. The lowest BCUT2D eigenvalue weighted by Crippen LogP contribution is -2.23. The van der Waals surface area contributed by atoms with Crippen LogP contribution in [0.3, 0.4) is 0 Å². The summed E-state index contributed by atoms with van der Waals surface area (Å²) in [5.41, 5.74) is 3.45. The van der Waals surface area contributed by atoms with Crippen molar-refractivity contribution in [2.75, 3.05) is 0 Å². The van der Waals surface area contributed by atoms with Crippen molar-refractivity contribution < 1.29 is 9.21 Å². The third kappa shape index (κ3) is 4.10. The van der Waals surface area contributed by atoms with Gasteiger partial charge in [-0.15, -0.1) is 5.10 Å². The molecule has 0 bridgehead atoms. The maximum Gasteiger partial charge on any atom is 0.291 e. The van der Waals surface area contributed by atoms with Gasteiger partial charge in [0.05, 0.1) is 0 Å². The molecule has 0 saturated heterocycles. The van der Waals surface area contributed by atoms with Crippen LogP contribution in [-0.4, -0.2) is 20.4 Å². The number of carbonyl (C=O) groups excluding carboxylic acids is 1. The van der Waals surface area contributed by atoms with E-state index in [0.29, 0.717) is 32.4 Å². The second-order valence-electron chi connectivity index (χ2n) is 9.21. The first kappa shape index (κ1) is 22.0. The van der Waals surface area contributed by atoms with Crippen molar-refractivity contribution in [2.45, 2.75) is 33.1 Å². The van der Waals surface area contributed by atoms with E-state index in [-0.39, 0.29) is 16.8 Å². The van der Waals surface area contributed by atoms with Crippen molar-refractivity contribution in [3.8, 4) is 22.7 Å².